The summed E-state index contributed by atoms with van der Waals surface area (Å²) in [7, 11) is -3.66. The zero-order chi connectivity index (χ0) is 14.4. The lowest BCUT2D eigenvalue weighted by Crippen LogP contribution is -2.45. The fraction of sp³-hybridized carbons (Fsp3) is 0.417. The summed E-state index contributed by atoms with van der Waals surface area (Å²) in [6.07, 6.45) is 0. The molecule has 7 heteroatoms. The van der Waals surface area contributed by atoms with Gasteiger partial charge in [-0.25, -0.2) is 5.84 Å². The van der Waals surface area contributed by atoms with Gasteiger partial charge in [0.25, 0.3) is 10.0 Å². The van der Waals surface area contributed by atoms with Gasteiger partial charge in [0.15, 0.2) is 0 Å². The molecule has 5 nitrogen and oxygen atoms in total. The van der Waals surface area contributed by atoms with Crippen molar-refractivity contribution in [3.05, 3.63) is 21.8 Å². The molecule has 0 amide bonds. The van der Waals surface area contributed by atoms with Crippen LogP contribution in [0.1, 0.15) is 20.8 Å². The lowest BCUT2D eigenvalue weighted by atomic mass is 9.96. The first-order valence-electron chi connectivity index (χ1n) is 5.93. The number of hydrogen-bond donors (Lipinski definition) is 1. The molecule has 0 fully saturated rings. The molecule has 1 aromatic rings. The molecule has 0 radical (unpaired) electrons. The highest BCUT2D eigenvalue weighted by atomic mass is 127. The lowest BCUT2D eigenvalue weighted by Gasteiger charge is -2.31. The molecule has 0 bridgehead atoms. The highest BCUT2D eigenvalue weighted by Gasteiger charge is 2.32. The highest BCUT2D eigenvalue weighted by Crippen LogP contribution is 2.33. The number of benzene rings is 1. The Morgan fingerprint density at radius 3 is 2.53 bits per heavy atom. The van der Waals surface area contributed by atoms with E-state index in [4.69, 9.17) is 5.84 Å². The van der Waals surface area contributed by atoms with Crippen molar-refractivity contribution in [3.63, 3.8) is 0 Å². The molecule has 1 heterocycles. The van der Waals surface area contributed by atoms with Crippen LogP contribution in [0.15, 0.2) is 27.5 Å². The van der Waals surface area contributed by atoms with E-state index in [2.05, 4.69) is 27.0 Å². The molecule has 1 unspecified atom stereocenters. The molecule has 1 aromatic carbocycles. The minimum atomic E-state index is -3.66. The zero-order valence-corrected chi connectivity index (χ0v) is 13.9. The molecule has 0 aliphatic carbocycles. The summed E-state index contributed by atoms with van der Waals surface area (Å²) in [5.74, 6) is 6.65. The van der Waals surface area contributed by atoms with E-state index in [0.717, 1.165) is 3.57 Å². The van der Waals surface area contributed by atoms with Crippen molar-refractivity contribution in [1.29, 1.82) is 0 Å². The van der Waals surface area contributed by atoms with E-state index in [1.807, 2.05) is 26.8 Å². The third-order valence-corrected chi connectivity index (χ3v) is 5.31. The van der Waals surface area contributed by atoms with Crippen molar-refractivity contribution in [1.82, 2.24) is 0 Å². The first-order valence-corrected chi connectivity index (χ1v) is 8.45. The highest BCUT2D eigenvalue weighted by molar-refractivity contribution is 14.1. The molecule has 0 saturated heterocycles. The second kappa shape index (κ2) is 5.02. The van der Waals surface area contributed by atoms with Crippen LogP contribution in [0.4, 0.5) is 5.69 Å². The van der Waals surface area contributed by atoms with Crippen molar-refractivity contribution in [2.75, 3.05) is 5.01 Å². The second-order valence-corrected chi connectivity index (χ2v) is 7.76. The Labute approximate surface area is 127 Å². The maximum atomic E-state index is 12.2. The SMILES string of the molecule is CC(C)C(C)C1=NS(=O)(=O)c2cc(I)ccc2N1N. The van der Waals surface area contributed by atoms with Gasteiger partial charge in [0, 0.05) is 9.49 Å². The van der Waals surface area contributed by atoms with Crippen molar-refractivity contribution >= 4 is 44.1 Å². The van der Waals surface area contributed by atoms with E-state index in [1.165, 1.54) is 5.01 Å². The number of anilines is 1. The molecular weight excluding hydrogens is 377 g/mol. The van der Waals surface area contributed by atoms with E-state index in [-0.39, 0.29) is 16.7 Å². The van der Waals surface area contributed by atoms with E-state index in [1.54, 1.807) is 12.1 Å². The molecule has 2 N–H and O–H groups in total. The molecule has 0 aromatic heterocycles. The van der Waals surface area contributed by atoms with Crippen molar-refractivity contribution < 1.29 is 8.42 Å². The summed E-state index contributed by atoms with van der Waals surface area (Å²) in [5.41, 5.74) is 0.484. The fourth-order valence-electron chi connectivity index (χ4n) is 1.83. The summed E-state index contributed by atoms with van der Waals surface area (Å²) in [5, 5.41) is 1.39. The van der Waals surface area contributed by atoms with Crippen LogP contribution in [-0.4, -0.2) is 14.3 Å². The molecule has 1 aliphatic rings. The Morgan fingerprint density at radius 1 is 1.32 bits per heavy atom. The molecule has 19 heavy (non-hydrogen) atoms. The number of halogens is 1. The average molecular weight is 393 g/mol. The second-order valence-electron chi connectivity index (χ2n) is 4.94. The molecule has 1 atom stereocenters. The quantitative estimate of drug-likeness (QED) is 0.619. The van der Waals surface area contributed by atoms with Gasteiger partial charge in [-0.05, 0) is 46.7 Å². The van der Waals surface area contributed by atoms with Crippen molar-refractivity contribution in [2.45, 2.75) is 25.7 Å². The van der Waals surface area contributed by atoms with Crippen LogP contribution >= 0.6 is 22.6 Å². The third kappa shape index (κ3) is 2.63. The van der Waals surface area contributed by atoms with Gasteiger partial charge >= 0.3 is 0 Å². The third-order valence-electron chi connectivity index (χ3n) is 3.33. The zero-order valence-electron chi connectivity index (χ0n) is 11.0. The van der Waals surface area contributed by atoms with E-state index in [0.29, 0.717) is 11.5 Å². The van der Waals surface area contributed by atoms with Crippen LogP contribution < -0.4 is 10.9 Å². The minimum absolute atomic E-state index is 0.0350. The molecular formula is C12H16IN3O2S. The summed E-state index contributed by atoms with van der Waals surface area (Å²) in [6, 6.07) is 5.14. The Hall–Kier alpha value is -0.670. The Balaban J connectivity index is 2.62. The van der Waals surface area contributed by atoms with Crippen LogP contribution in [0.25, 0.3) is 0 Å². The fourth-order valence-corrected chi connectivity index (χ4v) is 3.84. The lowest BCUT2D eigenvalue weighted by molar-refractivity contribution is 0.523. The smallest absolute Gasteiger partial charge is 0.264 e. The van der Waals surface area contributed by atoms with Crippen LogP contribution in [0, 0.1) is 15.4 Å². The van der Waals surface area contributed by atoms with Gasteiger partial charge in [-0.3, -0.25) is 5.01 Å². The predicted molar refractivity (Wildman–Crippen MR) is 84.4 cm³/mol. The first-order chi connectivity index (χ1) is 8.74. The number of hydrazine groups is 1. The summed E-state index contributed by atoms with van der Waals surface area (Å²) >= 11 is 2.07. The maximum Gasteiger partial charge on any atom is 0.286 e. The molecule has 1 aliphatic heterocycles. The van der Waals surface area contributed by atoms with Crippen LogP contribution in [-0.2, 0) is 10.0 Å². The van der Waals surface area contributed by atoms with Gasteiger partial charge in [-0.2, -0.15) is 8.42 Å². The monoisotopic (exact) mass is 393 g/mol. The van der Waals surface area contributed by atoms with Gasteiger partial charge in [0.2, 0.25) is 0 Å². The number of nitrogens with two attached hydrogens (primary N) is 1. The number of sulfonamides is 1. The summed E-state index contributed by atoms with van der Waals surface area (Å²) in [6.45, 7) is 5.95. The van der Waals surface area contributed by atoms with Crippen molar-refractivity contribution in [3.8, 4) is 0 Å². The van der Waals surface area contributed by atoms with Crippen LogP contribution in [0.5, 0.6) is 0 Å². The predicted octanol–water partition coefficient (Wildman–Crippen LogP) is 2.36. The molecule has 2 rings (SSSR count). The molecule has 0 spiro atoms. The average Bonchev–Trinajstić information content (AvgIpc) is 2.33. The normalized spacial score (nSPS) is 19.1. The Kier molecular flexibility index (Phi) is 3.90. The largest absolute Gasteiger partial charge is 0.286 e. The molecule has 0 saturated carbocycles. The van der Waals surface area contributed by atoms with Crippen LogP contribution in [0.2, 0.25) is 0 Å². The number of fused-ring (bicyclic) bond motifs is 1. The number of nitrogens with zero attached hydrogens (tertiary/aromatic N) is 2. The van der Waals surface area contributed by atoms with Gasteiger partial charge in [-0.1, -0.05) is 20.8 Å². The van der Waals surface area contributed by atoms with Gasteiger partial charge in [-0.15, -0.1) is 4.40 Å². The summed E-state index contributed by atoms with van der Waals surface area (Å²) in [4.78, 5) is 0.168. The maximum absolute atomic E-state index is 12.2. The topological polar surface area (TPSA) is 75.8 Å². The number of amidine groups is 1. The Bertz CT molecular complexity index is 640. The van der Waals surface area contributed by atoms with Gasteiger partial charge < -0.3 is 0 Å². The molecule has 104 valence electrons. The van der Waals surface area contributed by atoms with E-state index in [9.17, 15) is 8.42 Å². The van der Waals surface area contributed by atoms with E-state index >= 15 is 0 Å². The first kappa shape index (κ1) is 14.7. The van der Waals surface area contributed by atoms with E-state index < -0.39 is 10.0 Å². The summed E-state index contributed by atoms with van der Waals surface area (Å²) < 4.78 is 29.2. The number of hydrogen-bond acceptors (Lipinski definition) is 4. The van der Waals surface area contributed by atoms with Crippen LogP contribution in [0.3, 0.4) is 0 Å². The Morgan fingerprint density at radius 2 is 1.95 bits per heavy atom. The standard InChI is InChI=1S/C12H16IN3O2S/c1-7(2)8(3)12-15-19(17,18)11-6-9(13)4-5-10(11)16(12)14/h4-8H,14H2,1-3H3. The number of rotatable bonds is 2. The minimum Gasteiger partial charge on any atom is -0.264 e. The van der Waals surface area contributed by atoms with Gasteiger partial charge in [0.1, 0.15) is 10.7 Å². The van der Waals surface area contributed by atoms with Gasteiger partial charge in [0.05, 0.1) is 5.69 Å². The van der Waals surface area contributed by atoms with Crippen molar-refractivity contribution in [2.24, 2.45) is 22.1 Å².